The minimum atomic E-state index is -3.45. The summed E-state index contributed by atoms with van der Waals surface area (Å²) in [4.78, 5) is 0.387. The summed E-state index contributed by atoms with van der Waals surface area (Å²) in [5.41, 5.74) is 1.68. The van der Waals surface area contributed by atoms with Crippen LogP contribution in [0.25, 0.3) is 11.1 Å². The molecule has 0 spiro atoms. The Hall–Kier alpha value is -1.69. The van der Waals surface area contributed by atoms with E-state index in [0.717, 1.165) is 11.1 Å². The highest BCUT2D eigenvalue weighted by molar-refractivity contribution is 7.89. The third kappa shape index (κ3) is 2.85. The van der Waals surface area contributed by atoms with Crippen LogP contribution in [0.5, 0.6) is 0 Å². The molecule has 5 heteroatoms. The number of hydrogen-bond donors (Lipinski definition) is 1. The maximum absolute atomic E-state index is 12.9. The molecule has 21 heavy (non-hydrogen) atoms. The number of sulfonamides is 1. The van der Waals surface area contributed by atoms with E-state index >= 15 is 0 Å². The molecule has 1 N–H and O–H groups in total. The predicted molar refractivity (Wildman–Crippen MR) is 83.5 cm³/mol. The van der Waals surface area contributed by atoms with Gasteiger partial charge in [0.1, 0.15) is 0 Å². The molecule has 0 aliphatic carbocycles. The Kier molecular flexibility index (Phi) is 4.05. The molecule has 0 amide bonds. The highest BCUT2D eigenvalue weighted by Crippen LogP contribution is 2.29. The molecule has 0 radical (unpaired) electrons. The molecule has 0 atom stereocenters. The zero-order chi connectivity index (χ0) is 14.7. The van der Waals surface area contributed by atoms with Crippen molar-refractivity contribution in [2.75, 3.05) is 26.2 Å². The van der Waals surface area contributed by atoms with E-state index in [1.165, 1.54) is 0 Å². The van der Waals surface area contributed by atoms with Gasteiger partial charge in [-0.05, 0) is 11.6 Å². The summed E-state index contributed by atoms with van der Waals surface area (Å²) in [5.74, 6) is 0. The third-order valence-electron chi connectivity index (χ3n) is 3.67. The first-order chi connectivity index (χ1) is 10.2. The maximum atomic E-state index is 12.9. The van der Waals surface area contributed by atoms with E-state index in [-0.39, 0.29) is 0 Å². The molecule has 2 aromatic carbocycles. The van der Waals surface area contributed by atoms with Gasteiger partial charge in [0.25, 0.3) is 0 Å². The Morgan fingerprint density at radius 3 is 2.19 bits per heavy atom. The van der Waals surface area contributed by atoms with Crippen LogP contribution in [0.2, 0.25) is 0 Å². The minimum absolute atomic E-state index is 0.387. The quantitative estimate of drug-likeness (QED) is 0.943. The molecular weight excluding hydrogens is 284 g/mol. The summed E-state index contributed by atoms with van der Waals surface area (Å²) in [7, 11) is -3.45. The molecule has 3 rings (SSSR count). The van der Waals surface area contributed by atoms with E-state index < -0.39 is 10.0 Å². The van der Waals surface area contributed by atoms with Gasteiger partial charge in [0.2, 0.25) is 10.0 Å². The fourth-order valence-corrected chi connectivity index (χ4v) is 4.23. The molecule has 110 valence electrons. The molecule has 1 heterocycles. The summed E-state index contributed by atoms with van der Waals surface area (Å²) in [5, 5.41) is 3.18. The molecule has 0 unspecified atom stereocenters. The molecule has 0 bridgehead atoms. The SMILES string of the molecule is O=S(=O)(c1ccccc1-c1ccccc1)N1CCNCC1. The average Bonchev–Trinajstić information content (AvgIpc) is 2.56. The molecule has 1 saturated heterocycles. The normalized spacial score (nSPS) is 16.8. The highest BCUT2D eigenvalue weighted by atomic mass is 32.2. The Labute approximate surface area is 125 Å². The van der Waals surface area contributed by atoms with E-state index in [4.69, 9.17) is 0 Å². The van der Waals surface area contributed by atoms with E-state index in [1.807, 2.05) is 42.5 Å². The fourth-order valence-electron chi connectivity index (χ4n) is 2.57. The monoisotopic (exact) mass is 302 g/mol. The van der Waals surface area contributed by atoms with Crippen LogP contribution >= 0.6 is 0 Å². The van der Waals surface area contributed by atoms with Crippen LogP contribution < -0.4 is 5.32 Å². The van der Waals surface area contributed by atoms with Crippen molar-refractivity contribution in [1.82, 2.24) is 9.62 Å². The zero-order valence-corrected chi connectivity index (χ0v) is 12.5. The average molecular weight is 302 g/mol. The number of hydrogen-bond acceptors (Lipinski definition) is 3. The van der Waals surface area contributed by atoms with Gasteiger partial charge in [-0.3, -0.25) is 0 Å². The van der Waals surface area contributed by atoms with Crippen LogP contribution in [0.15, 0.2) is 59.5 Å². The zero-order valence-electron chi connectivity index (χ0n) is 11.7. The van der Waals surface area contributed by atoms with Crippen molar-refractivity contribution >= 4 is 10.0 Å². The molecule has 0 aromatic heterocycles. The largest absolute Gasteiger partial charge is 0.314 e. The van der Waals surface area contributed by atoms with Gasteiger partial charge in [0, 0.05) is 31.7 Å². The van der Waals surface area contributed by atoms with Crippen molar-refractivity contribution in [3.8, 4) is 11.1 Å². The fraction of sp³-hybridized carbons (Fsp3) is 0.250. The van der Waals surface area contributed by atoms with Gasteiger partial charge >= 0.3 is 0 Å². The van der Waals surface area contributed by atoms with Crippen LogP contribution in [0.4, 0.5) is 0 Å². The van der Waals surface area contributed by atoms with Gasteiger partial charge in [0.05, 0.1) is 4.90 Å². The summed E-state index contributed by atoms with van der Waals surface area (Å²) < 4.78 is 27.3. The van der Waals surface area contributed by atoms with E-state index in [1.54, 1.807) is 16.4 Å². The Morgan fingerprint density at radius 1 is 0.857 bits per heavy atom. The van der Waals surface area contributed by atoms with E-state index in [0.29, 0.717) is 31.1 Å². The molecular formula is C16H18N2O2S. The minimum Gasteiger partial charge on any atom is -0.314 e. The standard InChI is InChI=1S/C16H18N2O2S/c19-21(20,18-12-10-17-11-13-18)16-9-5-4-8-15(16)14-6-2-1-3-7-14/h1-9,17H,10-13H2. The summed E-state index contributed by atoms with van der Waals surface area (Å²) >= 11 is 0. The second kappa shape index (κ2) is 5.97. The number of nitrogens with zero attached hydrogens (tertiary/aromatic N) is 1. The van der Waals surface area contributed by atoms with Crippen LogP contribution in [0.3, 0.4) is 0 Å². The summed E-state index contributed by atoms with van der Waals surface area (Å²) in [6, 6.07) is 16.9. The number of rotatable bonds is 3. The third-order valence-corrected chi connectivity index (χ3v) is 5.62. The lowest BCUT2D eigenvalue weighted by molar-refractivity contribution is 0.360. The smallest absolute Gasteiger partial charge is 0.243 e. The van der Waals surface area contributed by atoms with Gasteiger partial charge in [-0.2, -0.15) is 4.31 Å². The maximum Gasteiger partial charge on any atom is 0.243 e. The number of piperazine rings is 1. The lowest BCUT2D eigenvalue weighted by atomic mass is 10.1. The van der Waals surface area contributed by atoms with Crippen LogP contribution in [0, 0.1) is 0 Å². The summed E-state index contributed by atoms with van der Waals surface area (Å²) in [6.07, 6.45) is 0. The highest BCUT2D eigenvalue weighted by Gasteiger charge is 2.28. The predicted octanol–water partition coefficient (Wildman–Crippen LogP) is 1.95. The van der Waals surface area contributed by atoms with Gasteiger partial charge in [-0.1, -0.05) is 48.5 Å². The van der Waals surface area contributed by atoms with E-state index in [9.17, 15) is 8.42 Å². The van der Waals surface area contributed by atoms with Gasteiger partial charge in [-0.15, -0.1) is 0 Å². The Morgan fingerprint density at radius 2 is 1.48 bits per heavy atom. The van der Waals surface area contributed by atoms with Crippen LogP contribution in [0.1, 0.15) is 0 Å². The van der Waals surface area contributed by atoms with Crippen molar-refractivity contribution in [2.24, 2.45) is 0 Å². The molecule has 0 saturated carbocycles. The van der Waals surface area contributed by atoms with Crippen molar-refractivity contribution in [2.45, 2.75) is 4.90 Å². The lowest BCUT2D eigenvalue weighted by Crippen LogP contribution is -2.46. The van der Waals surface area contributed by atoms with Crippen molar-refractivity contribution in [3.05, 3.63) is 54.6 Å². The lowest BCUT2D eigenvalue weighted by Gasteiger charge is -2.27. The van der Waals surface area contributed by atoms with E-state index in [2.05, 4.69) is 5.32 Å². The van der Waals surface area contributed by atoms with Crippen molar-refractivity contribution in [1.29, 1.82) is 0 Å². The number of nitrogens with one attached hydrogen (secondary N) is 1. The Bertz CT molecular complexity index is 708. The first-order valence-corrected chi connectivity index (χ1v) is 8.49. The first-order valence-electron chi connectivity index (χ1n) is 7.05. The number of benzene rings is 2. The van der Waals surface area contributed by atoms with Gasteiger partial charge < -0.3 is 5.32 Å². The molecule has 4 nitrogen and oxygen atoms in total. The summed E-state index contributed by atoms with van der Waals surface area (Å²) in [6.45, 7) is 2.44. The van der Waals surface area contributed by atoms with Gasteiger partial charge in [-0.25, -0.2) is 8.42 Å². The van der Waals surface area contributed by atoms with Crippen molar-refractivity contribution < 1.29 is 8.42 Å². The second-order valence-electron chi connectivity index (χ2n) is 5.02. The molecule has 1 fully saturated rings. The van der Waals surface area contributed by atoms with Crippen LogP contribution in [-0.2, 0) is 10.0 Å². The molecule has 1 aliphatic heterocycles. The molecule has 1 aliphatic rings. The van der Waals surface area contributed by atoms with Crippen molar-refractivity contribution in [3.63, 3.8) is 0 Å². The second-order valence-corrected chi connectivity index (χ2v) is 6.92. The first kappa shape index (κ1) is 14.3. The topological polar surface area (TPSA) is 49.4 Å². The van der Waals surface area contributed by atoms with Crippen LogP contribution in [-0.4, -0.2) is 38.9 Å². The molecule has 2 aromatic rings. The van der Waals surface area contributed by atoms with Gasteiger partial charge in [0.15, 0.2) is 0 Å². The Balaban J connectivity index is 2.06.